The van der Waals surface area contributed by atoms with Crippen molar-refractivity contribution in [3.63, 3.8) is 0 Å². The molecule has 6 heteroatoms. The molecule has 2 heterocycles. The number of nitrogens with zero attached hydrogens (tertiary/aromatic N) is 4. The topological polar surface area (TPSA) is 56.3 Å². The molecular weight excluding hydrogens is 304 g/mol. The van der Waals surface area contributed by atoms with Crippen molar-refractivity contribution in [1.82, 2.24) is 19.6 Å². The van der Waals surface area contributed by atoms with Crippen LogP contribution in [0.1, 0.15) is 22.8 Å². The van der Waals surface area contributed by atoms with Crippen molar-refractivity contribution in [2.45, 2.75) is 26.6 Å². The Morgan fingerprint density at radius 2 is 2.00 bits per heavy atom. The Kier molecular flexibility index (Phi) is 4.96. The van der Waals surface area contributed by atoms with Crippen LogP contribution in [0, 0.1) is 6.92 Å². The summed E-state index contributed by atoms with van der Waals surface area (Å²) in [5.74, 6) is 2.59. The van der Waals surface area contributed by atoms with E-state index in [1.807, 2.05) is 42.9 Å². The van der Waals surface area contributed by atoms with Gasteiger partial charge in [0.1, 0.15) is 23.9 Å². The van der Waals surface area contributed by atoms with Crippen LogP contribution in [-0.2, 0) is 26.7 Å². The lowest BCUT2D eigenvalue weighted by atomic mass is 10.2. The van der Waals surface area contributed by atoms with Gasteiger partial charge in [0, 0.05) is 38.6 Å². The first-order valence-electron chi connectivity index (χ1n) is 7.89. The number of hydrogen-bond acceptors (Lipinski definition) is 5. The van der Waals surface area contributed by atoms with Crippen molar-refractivity contribution < 1.29 is 9.26 Å². The molecule has 1 aromatic carbocycles. The fraction of sp³-hybridized carbons (Fsp3) is 0.333. The van der Waals surface area contributed by atoms with Gasteiger partial charge in [-0.3, -0.25) is 4.90 Å². The minimum atomic E-state index is 0.467. The molecule has 0 saturated heterocycles. The monoisotopic (exact) mass is 326 g/mol. The van der Waals surface area contributed by atoms with Crippen LogP contribution in [0.25, 0.3) is 0 Å². The molecule has 0 radical (unpaired) electrons. The van der Waals surface area contributed by atoms with Crippen molar-refractivity contribution in [2.75, 3.05) is 7.05 Å². The molecule has 2 aromatic heterocycles. The van der Waals surface area contributed by atoms with Crippen LogP contribution in [0.4, 0.5) is 0 Å². The molecule has 0 spiro atoms. The van der Waals surface area contributed by atoms with E-state index in [-0.39, 0.29) is 0 Å². The Labute approximate surface area is 141 Å². The van der Waals surface area contributed by atoms with Crippen molar-refractivity contribution in [2.24, 2.45) is 7.05 Å². The smallest absolute Gasteiger partial charge is 0.146 e. The van der Waals surface area contributed by atoms with Crippen molar-refractivity contribution in [3.05, 3.63) is 65.6 Å². The molecular formula is C18H22N4O2. The minimum Gasteiger partial charge on any atom is -0.486 e. The van der Waals surface area contributed by atoms with E-state index >= 15 is 0 Å². The second-order valence-electron chi connectivity index (χ2n) is 5.99. The standard InChI is InChI=1S/C18H22N4O2/c1-14-10-16(20-24-14)12-21(2)11-15-4-6-17(7-5-15)23-13-18-19-8-9-22(18)3/h4-10H,11-13H2,1-3H3. The van der Waals surface area contributed by atoms with Gasteiger partial charge < -0.3 is 13.8 Å². The van der Waals surface area contributed by atoms with Crippen molar-refractivity contribution >= 4 is 0 Å². The Bertz CT molecular complexity index is 776. The van der Waals surface area contributed by atoms with Gasteiger partial charge in [-0.2, -0.15) is 0 Å². The van der Waals surface area contributed by atoms with Crippen molar-refractivity contribution in [1.29, 1.82) is 0 Å². The zero-order valence-corrected chi connectivity index (χ0v) is 14.3. The number of ether oxygens (including phenoxy) is 1. The van der Waals surface area contributed by atoms with Crippen LogP contribution >= 0.6 is 0 Å². The second-order valence-corrected chi connectivity index (χ2v) is 5.99. The normalized spacial score (nSPS) is 11.2. The summed E-state index contributed by atoms with van der Waals surface area (Å²) in [5, 5.41) is 4.02. The Balaban J connectivity index is 1.51. The van der Waals surface area contributed by atoms with E-state index in [1.165, 1.54) is 5.56 Å². The Morgan fingerprint density at radius 1 is 1.21 bits per heavy atom. The SMILES string of the molecule is Cc1cc(CN(C)Cc2ccc(OCc3nccn3C)cc2)no1. The van der Waals surface area contributed by atoms with E-state index in [9.17, 15) is 0 Å². The quantitative estimate of drug-likeness (QED) is 0.668. The van der Waals surface area contributed by atoms with Gasteiger partial charge in [0.25, 0.3) is 0 Å². The van der Waals surface area contributed by atoms with E-state index < -0.39 is 0 Å². The molecule has 3 aromatic rings. The first-order valence-corrected chi connectivity index (χ1v) is 7.89. The minimum absolute atomic E-state index is 0.467. The first kappa shape index (κ1) is 16.3. The molecule has 24 heavy (non-hydrogen) atoms. The van der Waals surface area contributed by atoms with Gasteiger partial charge in [-0.25, -0.2) is 4.98 Å². The van der Waals surface area contributed by atoms with E-state index in [1.54, 1.807) is 6.20 Å². The number of benzene rings is 1. The molecule has 0 aliphatic heterocycles. The summed E-state index contributed by atoms with van der Waals surface area (Å²) in [4.78, 5) is 6.44. The van der Waals surface area contributed by atoms with Gasteiger partial charge in [0.2, 0.25) is 0 Å². The maximum atomic E-state index is 5.77. The molecule has 3 rings (SSSR count). The fourth-order valence-electron chi connectivity index (χ4n) is 2.51. The summed E-state index contributed by atoms with van der Waals surface area (Å²) >= 11 is 0. The Morgan fingerprint density at radius 3 is 2.62 bits per heavy atom. The third kappa shape index (κ3) is 4.23. The lowest BCUT2D eigenvalue weighted by Crippen LogP contribution is -2.17. The van der Waals surface area contributed by atoms with Gasteiger partial charge in [0.05, 0.1) is 5.69 Å². The maximum absolute atomic E-state index is 5.77. The number of aromatic nitrogens is 3. The van der Waals surface area contributed by atoms with Crippen LogP contribution in [-0.4, -0.2) is 26.7 Å². The number of imidazole rings is 1. The lowest BCUT2D eigenvalue weighted by Gasteiger charge is -2.15. The van der Waals surface area contributed by atoms with Crippen molar-refractivity contribution in [3.8, 4) is 5.75 Å². The average molecular weight is 326 g/mol. The molecule has 0 fully saturated rings. The highest BCUT2D eigenvalue weighted by molar-refractivity contribution is 5.27. The van der Waals surface area contributed by atoms with Gasteiger partial charge in [-0.1, -0.05) is 17.3 Å². The van der Waals surface area contributed by atoms with Crippen LogP contribution in [0.15, 0.2) is 47.2 Å². The summed E-state index contributed by atoms with van der Waals surface area (Å²) in [6.45, 7) is 3.97. The van der Waals surface area contributed by atoms with Crippen LogP contribution in [0.5, 0.6) is 5.75 Å². The predicted octanol–water partition coefficient (Wildman–Crippen LogP) is 2.93. The zero-order valence-electron chi connectivity index (χ0n) is 14.3. The van der Waals surface area contributed by atoms with Crippen LogP contribution in [0.3, 0.4) is 0 Å². The van der Waals surface area contributed by atoms with E-state index in [2.05, 4.69) is 34.2 Å². The number of aryl methyl sites for hydroxylation is 2. The average Bonchev–Trinajstić information content (AvgIpc) is 3.15. The van der Waals surface area contributed by atoms with Crippen LogP contribution in [0.2, 0.25) is 0 Å². The molecule has 0 aliphatic carbocycles. The molecule has 126 valence electrons. The Hall–Kier alpha value is -2.60. The lowest BCUT2D eigenvalue weighted by molar-refractivity contribution is 0.290. The summed E-state index contributed by atoms with van der Waals surface area (Å²) in [6.07, 6.45) is 3.68. The second kappa shape index (κ2) is 7.31. The van der Waals surface area contributed by atoms with E-state index in [0.717, 1.165) is 36.1 Å². The molecule has 0 bridgehead atoms. The zero-order chi connectivity index (χ0) is 16.9. The van der Waals surface area contributed by atoms with Crippen LogP contribution < -0.4 is 4.74 Å². The fourth-order valence-corrected chi connectivity index (χ4v) is 2.51. The van der Waals surface area contributed by atoms with Gasteiger partial charge >= 0.3 is 0 Å². The molecule has 0 saturated carbocycles. The first-order chi connectivity index (χ1) is 11.6. The summed E-state index contributed by atoms with van der Waals surface area (Å²) < 4.78 is 12.8. The molecule has 0 amide bonds. The largest absolute Gasteiger partial charge is 0.486 e. The van der Waals surface area contributed by atoms with Gasteiger partial charge in [0.15, 0.2) is 0 Å². The summed E-state index contributed by atoms with van der Waals surface area (Å²) in [7, 11) is 4.02. The third-order valence-corrected chi connectivity index (χ3v) is 3.77. The van der Waals surface area contributed by atoms with Gasteiger partial charge in [-0.05, 0) is 31.7 Å². The van der Waals surface area contributed by atoms with E-state index in [0.29, 0.717) is 6.61 Å². The highest BCUT2D eigenvalue weighted by Crippen LogP contribution is 2.15. The predicted molar refractivity (Wildman–Crippen MR) is 90.4 cm³/mol. The highest BCUT2D eigenvalue weighted by atomic mass is 16.5. The molecule has 6 nitrogen and oxygen atoms in total. The third-order valence-electron chi connectivity index (χ3n) is 3.77. The summed E-state index contributed by atoms with van der Waals surface area (Å²) in [5.41, 5.74) is 2.17. The molecule has 0 unspecified atom stereocenters. The van der Waals surface area contributed by atoms with E-state index in [4.69, 9.17) is 9.26 Å². The highest BCUT2D eigenvalue weighted by Gasteiger charge is 2.06. The maximum Gasteiger partial charge on any atom is 0.146 e. The van der Waals surface area contributed by atoms with Gasteiger partial charge in [-0.15, -0.1) is 0 Å². The molecule has 0 aliphatic rings. The summed E-state index contributed by atoms with van der Waals surface area (Å²) in [6, 6.07) is 10.1. The number of rotatable bonds is 7. The molecule has 0 N–H and O–H groups in total. The molecule has 0 atom stereocenters. The number of hydrogen-bond donors (Lipinski definition) is 0.